The van der Waals surface area contributed by atoms with E-state index in [-0.39, 0.29) is 5.69 Å². The number of benzene rings is 3. The molecule has 1 atom stereocenters. The van der Waals surface area contributed by atoms with Crippen LogP contribution in [0.1, 0.15) is 30.5 Å². The number of para-hydroxylation sites is 1. The number of hydrogen-bond acceptors (Lipinski definition) is 5. The first kappa shape index (κ1) is 25.4. The van der Waals surface area contributed by atoms with Gasteiger partial charge in [0.1, 0.15) is 18.3 Å². The van der Waals surface area contributed by atoms with Crippen molar-refractivity contribution in [2.24, 2.45) is 11.0 Å². The molecule has 3 aromatic carbocycles. The average Bonchev–Trinajstić information content (AvgIpc) is 2.84. The summed E-state index contributed by atoms with van der Waals surface area (Å²) in [7, 11) is 0. The Morgan fingerprint density at radius 1 is 1.00 bits per heavy atom. The lowest BCUT2D eigenvalue weighted by Gasteiger charge is -2.13. The molecule has 0 saturated heterocycles. The summed E-state index contributed by atoms with van der Waals surface area (Å²) in [6.07, 6.45) is 1.44. The molecule has 0 aromatic heterocycles. The zero-order valence-electron chi connectivity index (χ0n) is 19.9. The Hall–Kier alpha value is -4.20. The quantitative estimate of drug-likeness (QED) is 0.249. The molecule has 3 aromatic rings. The van der Waals surface area contributed by atoms with Crippen LogP contribution in [-0.4, -0.2) is 24.6 Å². The van der Waals surface area contributed by atoms with Crippen molar-refractivity contribution in [3.05, 3.63) is 89.2 Å². The maximum absolute atomic E-state index is 13.7. The second-order valence-electron chi connectivity index (χ2n) is 7.84. The number of nitrogens with zero attached hydrogens (tertiary/aromatic N) is 1. The van der Waals surface area contributed by atoms with E-state index in [1.807, 2.05) is 32.0 Å². The van der Waals surface area contributed by atoms with Gasteiger partial charge in [0.15, 0.2) is 11.5 Å². The summed E-state index contributed by atoms with van der Waals surface area (Å²) in [4.78, 5) is 24.5. The van der Waals surface area contributed by atoms with Crippen LogP contribution in [0.4, 0.5) is 10.1 Å². The first-order valence-corrected chi connectivity index (χ1v) is 11.2. The van der Waals surface area contributed by atoms with E-state index < -0.39 is 23.5 Å². The molecule has 0 spiro atoms. The van der Waals surface area contributed by atoms with Crippen LogP contribution in [0.15, 0.2) is 71.8 Å². The lowest BCUT2D eigenvalue weighted by Crippen LogP contribution is -2.34. The predicted octanol–water partition coefficient (Wildman–Crippen LogP) is 4.84. The zero-order valence-corrected chi connectivity index (χ0v) is 19.9. The second kappa shape index (κ2) is 12.3. The minimum atomic E-state index is -1.08. The number of carbonyl (C=O) groups excluding carboxylic acids is 2. The Balaban J connectivity index is 1.59. The Labute approximate surface area is 204 Å². The van der Waals surface area contributed by atoms with Crippen molar-refractivity contribution in [1.29, 1.82) is 0 Å². The SMILES string of the molecule is CCOc1cc(C=NNC(=O)C(C)C(=O)Nc2ccccc2F)ccc1OCc1cccc(C)c1. The van der Waals surface area contributed by atoms with E-state index in [1.165, 1.54) is 31.3 Å². The predicted molar refractivity (Wildman–Crippen MR) is 133 cm³/mol. The first-order chi connectivity index (χ1) is 16.9. The molecule has 0 heterocycles. The lowest BCUT2D eigenvalue weighted by molar-refractivity contribution is -0.131. The standard InChI is InChI=1S/C27H28FN3O4/c1-4-34-25-15-20(12-13-24(25)35-17-21-9-7-8-18(2)14-21)16-29-31-27(33)19(3)26(32)30-23-11-6-5-10-22(23)28/h5-16,19H,4,17H2,1-3H3,(H,30,32)(H,31,33). The van der Waals surface area contributed by atoms with Gasteiger partial charge >= 0.3 is 0 Å². The van der Waals surface area contributed by atoms with Crippen LogP contribution in [-0.2, 0) is 16.2 Å². The van der Waals surface area contributed by atoms with E-state index in [4.69, 9.17) is 9.47 Å². The highest BCUT2D eigenvalue weighted by molar-refractivity contribution is 6.06. The summed E-state index contributed by atoms with van der Waals surface area (Å²) < 4.78 is 25.3. The van der Waals surface area contributed by atoms with Gasteiger partial charge in [-0.25, -0.2) is 9.82 Å². The monoisotopic (exact) mass is 477 g/mol. The summed E-state index contributed by atoms with van der Waals surface area (Å²) >= 11 is 0. The van der Waals surface area contributed by atoms with Crippen LogP contribution >= 0.6 is 0 Å². The molecule has 182 valence electrons. The fourth-order valence-electron chi connectivity index (χ4n) is 3.15. The Kier molecular flexibility index (Phi) is 8.95. The molecule has 0 aliphatic rings. The molecule has 0 aliphatic heterocycles. The third-order valence-electron chi connectivity index (χ3n) is 5.05. The fraction of sp³-hybridized carbons (Fsp3) is 0.222. The highest BCUT2D eigenvalue weighted by Crippen LogP contribution is 2.29. The van der Waals surface area contributed by atoms with Crippen LogP contribution in [0, 0.1) is 18.7 Å². The summed E-state index contributed by atoms with van der Waals surface area (Å²) in [6, 6.07) is 19.1. The highest BCUT2D eigenvalue weighted by Gasteiger charge is 2.22. The average molecular weight is 478 g/mol. The van der Waals surface area contributed by atoms with Crippen molar-refractivity contribution in [3.8, 4) is 11.5 Å². The fourth-order valence-corrected chi connectivity index (χ4v) is 3.15. The van der Waals surface area contributed by atoms with Crippen molar-refractivity contribution in [1.82, 2.24) is 5.43 Å². The van der Waals surface area contributed by atoms with E-state index in [2.05, 4.69) is 21.9 Å². The van der Waals surface area contributed by atoms with Crippen molar-refractivity contribution in [3.63, 3.8) is 0 Å². The molecular formula is C27H28FN3O4. The largest absolute Gasteiger partial charge is 0.490 e. The third kappa shape index (κ3) is 7.40. The van der Waals surface area contributed by atoms with E-state index in [0.717, 1.165) is 11.1 Å². The molecule has 35 heavy (non-hydrogen) atoms. The van der Waals surface area contributed by atoms with Crippen LogP contribution in [0.25, 0.3) is 0 Å². The smallest absolute Gasteiger partial charge is 0.252 e. The van der Waals surface area contributed by atoms with Crippen molar-refractivity contribution in [2.75, 3.05) is 11.9 Å². The van der Waals surface area contributed by atoms with Crippen LogP contribution < -0.4 is 20.2 Å². The van der Waals surface area contributed by atoms with Gasteiger partial charge in [0.2, 0.25) is 5.91 Å². The zero-order chi connectivity index (χ0) is 25.2. The van der Waals surface area contributed by atoms with E-state index in [0.29, 0.717) is 30.3 Å². The molecule has 2 amide bonds. The molecule has 0 radical (unpaired) electrons. The maximum atomic E-state index is 13.7. The summed E-state index contributed by atoms with van der Waals surface area (Å²) in [5.41, 5.74) is 5.22. The van der Waals surface area contributed by atoms with E-state index in [1.54, 1.807) is 24.3 Å². The molecule has 1 unspecified atom stereocenters. The molecule has 2 N–H and O–H groups in total. The number of hydrogen-bond donors (Lipinski definition) is 2. The summed E-state index contributed by atoms with van der Waals surface area (Å²) in [5.74, 6) is -1.79. The lowest BCUT2D eigenvalue weighted by atomic mass is 10.1. The van der Waals surface area contributed by atoms with Gasteiger partial charge in [0.25, 0.3) is 5.91 Å². The number of nitrogens with one attached hydrogen (secondary N) is 2. The minimum absolute atomic E-state index is 0.00816. The summed E-state index contributed by atoms with van der Waals surface area (Å²) in [6.45, 7) is 6.16. The van der Waals surface area contributed by atoms with Gasteiger partial charge in [-0.15, -0.1) is 0 Å². The van der Waals surface area contributed by atoms with Gasteiger partial charge in [-0.05, 0) is 62.2 Å². The number of rotatable bonds is 10. The number of hydrazone groups is 1. The number of aryl methyl sites for hydroxylation is 1. The molecule has 0 aliphatic carbocycles. The molecule has 0 bridgehead atoms. The van der Waals surface area contributed by atoms with Crippen LogP contribution in [0.2, 0.25) is 0 Å². The van der Waals surface area contributed by atoms with Gasteiger partial charge in [-0.2, -0.15) is 5.10 Å². The minimum Gasteiger partial charge on any atom is -0.490 e. The molecule has 8 heteroatoms. The van der Waals surface area contributed by atoms with Crippen LogP contribution in [0.3, 0.4) is 0 Å². The maximum Gasteiger partial charge on any atom is 0.252 e. The number of amides is 2. The molecule has 7 nitrogen and oxygen atoms in total. The van der Waals surface area contributed by atoms with Crippen molar-refractivity contribution in [2.45, 2.75) is 27.4 Å². The van der Waals surface area contributed by atoms with Gasteiger partial charge < -0.3 is 14.8 Å². The molecular weight excluding hydrogens is 449 g/mol. The summed E-state index contributed by atoms with van der Waals surface area (Å²) in [5, 5.41) is 6.33. The molecule has 0 fully saturated rings. The Morgan fingerprint density at radius 3 is 2.54 bits per heavy atom. The first-order valence-electron chi connectivity index (χ1n) is 11.2. The van der Waals surface area contributed by atoms with Gasteiger partial charge in [-0.3, -0.25) is 9.59 Å². The van der Waals surface area contributed by atoms with E-state index in [9.17, 15) is 14.0 Å². The topological polar surface area (TPSA) is 89.0 Å². The van der Waals surface area contributed by atoms with Gasteiger partial charge in [0.05, 0.1) is 18.5 Å². The number of carbonyl (C=O) groups is 2. The second-order valence-corrected chi connectivity index (χ2v) is 7.84. The number of anilines is 1. The van der Waals surface area contributed by atoms with Gasteiger partial charge in [0, 0.05) is 0 Å². The molecule has 0 saturated carbocycles. The highest BCUT2D eigenvalue weighted by atomic mass is 19.1. The van der Waals surface area contributed by atoms with E-state index >= 15 is 0 Å². The molecule has 3 rings (SSSR count). The van der Waals surface area contributed by atoms with Crippen molar-refractivity contribution >= 4 is 23.7 Å². The Bertz CT molecular complexity index is 1210. The van der Waals surface area contributed by atoms with Crippen molar-refractivity contribution < 1.29 is 23.5 Å². The number of ether oxygens (including phenoxy) is 2. The third-order valence-corrected chi connectivity index (χ3v) is 5.05. The normalized spacial score (nSPS) is 11.7. The van der Waals surface area contributed by atoms with Gasteiger partial charge in [-0.1, -0.05) is 42.0 Å². The van der Waals surface area contributed by atoms with Crippen LogP contribution in [0.5, 0.6) is 11.5 Å². The number of halogens is 1. The Morgan fingerprint density at radius 2 is 1.80 bits per heavy atom.